The molecule has 0 bridgehead atoms. The maximum Gasteiger partial charge on any atom is 0.126 e. The molecular weight excluding hydrogens is 410 g/mol. The van der Waals surface area contributed by atoms with Gasteiger partial charge in [-0.15, -0.1) is 0 Å². The first-order valence-electron chi connectivity index (χ1n) is 10.1. The molecule has 4 rings (SSSR count). The van der Waals surface area contributed by atoms with Crippen LogP contribution in [0.3, 0.4) is 0 Å². The van der Waals surface area contributed by atoms with Gasteiger partial charge in [-0.05, 0) is 79.9 Å². The van der Waals surface area contributed by atoms with E-state index in [1.54, 1.807) is 6.07 Å². The molecule has 2 aromatic carbocycles. The number of nitrogens with zero attached hydrogens (tertiary/aromatic N) is 2. The molecule has 0 unspecified atom stereocenters. The molecule has 0 N–H and O–H groups in total. The largest absolute Gasteiger partial charge is 0.493 e. The molecule has 0 amide bonds. The molecule has 2 aromatic rings. The van der Waals surface area contributed by atoms with Crippen molar-refractivity contribution in [2.75, 3.05) is 19.7 Å². The number of rotatable bonds is 6. The molecule has 152 valence electrons. The zero-order chi connectivity index (χ0) is 20.4. The summed E-state index contributed by atoms with van der Waals surface area (Å²) in [4.78, 5) is 2.32. The van der Waals surface area contributed by atoms with E-state index in [0.717, 1.165) is 37.1 Å². The maximum absolute atomic E-state index is 13.6. The first-order valence-corrected chi connectivity index (χ1v) is 10.8. The van der Waals surface area contributed by atoms with E-state index in [-0.39, 0.29) is 5.82 Å². The first-order chi connectivity index (χ1) is 14.0. The molecule has 0 aromatic heterocycles. The van der Waals surface area contributed by atoms with E-state index in [9.17, 15) is 9.65 Å². The Labute approximate surface area is 181 Å². The zero-order valence-corrected chi connectivity index (χ0v) is 17.6. The number of nitriles is 1. The van der Waals surface area contributed by atoms with Crippen LogP contribution in [0.15, 0.2) is 30.3 Å². The fourth-order valence-corrected chi connectivity index (χ4v) is 4.58. The number of likely N-dealkylation sites (tertiary alicyclic amines) is 1. The molecule has 29 heavy (non-hydrogen) atoms. The van der Waals surface area contributed by atoms with Gasteiger partial charge in [-0.2, -0.15) is 5.26 Å². The second kappa shape index (κ2) is 8.92. The van der Waals surface area contributed by atoms with Crippen molar-refractivity contribution in [1.82, 2.24) is 4.90 Å². The molecule has 1 heterocycles. The minimum Gasteiger partial charge on any atom is -0.493 e. The van der Waals surface area contributed by atoms with Crippen LogP contribution in [-0.4, -0.2) is 24.6 Å². The topological polar surface area (TPSA) is 36.3 Å². The third-order valence-electron chi connectivity index (χ3n) is 5.82. The van der Waals surface area contributed by atoms with E-state index < -0.39 is 0 Å². The van der Waals surface area contributed by atoms with Gasteiger partial charge in [0.05, 0.1) is 17.2 Å². The number of hydrogen-bond acceptors (Lipinski definition) is 3. The Hall–Kier alpha value is -1.80. The van der Waals surface area contributed by atoms with Crippen LogP contribution in [0.1, 0.15) is 48.3 Å². The Morgan fingerprint density at radius 3 is 2.55 bits per heavy atom. The van der Waals surface area contributed by atoms with Crippen molar-refractivity contribution in [3.63, 3.8) is 0 Å². The SMILES string of the molecule is N#Cc1c(Cl)cc(Cl)cc1CN1CCC(COc2cc(F)ccc2C2CC2)CC1. The summed E-state index contributed by atoms with van der Waals surface area (Å²) in [5.41, 5.74) is 2.51. The van der Waals surface area contributed by atoms with Crippen LogP contribution >= 0.6 is 23.2 Å². The van der Waals surface area contributed by atoms with Crippen LogP contribution < -0.4 is 4.74 Å². The van der Waals surface area contributed by atoms with E-state index in [0.29, 0.717) is 46.3 Å². The fraction of sp³-hybridized carbons (Fsp3) is 0.435. The van der Waals surface area contributed by atoms with Crippen LogP contribution in [0.25, 0.3) is 0 Å². The lowest BCUT2D eigenvalue weighted by Gasteiger charge is -2.32. The smallest absolute Gasteiger partial charge is 0.126 e. The second-order valence-corrected chi connectivity index (χ2v) is 8.86. The molecule has 1 saturated carbocycles. The van der Waals surface area contributed by atoms with E-state index >= 15 is 0 Å². The molecule has 3 nitrogen and oxygen atoms in total. The minimum atomic E-state index is -0.243. The minimum absolute atomic E-state index is 0.243. The molecule has 1 aliphatic heterocycles. The number of piperidine rings is 1. The summed E-state index contributed by atoms with van der Waals surface area (Å²) >= 11 is 12.3. The van der Waals surface area contributed by atoms with Gasteiger partial charge in [0.25, 0.3) is 0 Å². The predicted molar refractivity (Wildman–Crippen MR) is 113 cm³/mol. The Kier molecular flexibility index (Phi) is 6.29. The number of benzene rings is 2. The lowest BCUT2D eigenvalue weighted by atomic mass is 9.97. The third kappa shape index (κ3) is 5.04. The molecule has 1 aliphatic carbocycles. The van der Waals surface area contributed by atoms with Gasteiger partial charge < -0.3 is 4.74 Å². The van der Waals surface area contributed by atoms with Crippen molar-refractivity contribution in [2.45, 2.75) is 38.1 Å². The van der Waals surface area contributed by atoms with Crippen LogP contribution in [0.2, 0.25) is 10.0 Å². The Morgan fingerprint density at radius 1 is 1.10 bits per heavy atom. The predicted octanol–water partition coefficient (Wildman–Crippen LogP) is 6.17. The van der Waals surface area contributed by atoms with Crippen LogP contribution in [0, 0.1) is 23.1 Å². The number of hydrogen-bond donors (Lipinski definition) is 0. The average molecular weight is 433 g/mol. The summed E-state index contributed by atoms with van der Waals surface area (Å²) in [5, 5.41) is 10.3. The number of halogens is 3. The van der Waals surface area contributed by atoms with Crippen molar-refractivity contribution in [1.29, 1.82) is 5.26 Å². The normalized spacial score (nSPS) is 17.9. The highest BCUT2D eigenvalue weighted by molar-refractivity contribution is 6.35. The highest BCUT2D eigenvalue weighted by atomic mass is 35.5. The summed E-state index contributed by atoms with van der Waals surface area (Å²) in [6, 6.07) is 10.5. The summed E-state index contributed by atoms with van der Waals surface area (Å²) < 4.78 is 19.7. The maximum atomic E-state index is 13.6. The van der Waals surface area contributed by atoms with Gasteiger partial charge in [0.15, 0.2) is 0 Å². The van der Waals surface area contributed by atoms with E-state index in [1.165, 1.54) is 25.0 Å². The molecule has 0 spiro atoms. The monoisotopic (exact) mass is 432 g/mol. The van der Waals surface area contributed by atoms with Gasteiger partial charge in [0.2, 0.25) is 0 Å². The standard InChI is InChI=1S/C23H23Cl2FN2O/c24-18-9-17(21(12-27)22(25)10-18)13-28-7-5-15(6-8-28)14-29-23-11-19(26)3-4-20(23)16-1-2-16/h3-4,9-11,15-16H,1-2,5-8,13-14H2. The number of ether oxygens (including phenoxy) is 1. The fourth-order valence-electron chi connectivity index (χ4n) is 4.00. The van der Waals surface area contributed by atoms with Gasteiger partial charge in [-0.25, -0.2) is 4.39 Å². The van der Waals surface area contributed by atoms with Crippen LogP contribution in [-0.2, 0) is 6.54 Å². The van der Waals surface area contributed by atoms with Crippen molar-refractivity contribution in [3.05, 3.63) is 62.9 Å². The van der Waals surface area contributed by atoms with Crippen molar-refractivity contribution in [3.8, 4) is 11.8 Å². The van der Waals surface area contributed by atoms with E-state index in [4.69, 9.17) is 27.9 Å². The summed E-state index contributed by atoms with van der Waals surface area (Å²) in [7, 11) is 0. The Balaban J connectivity index is 1.32. The second-order valence-electron chi connectivity index (χ2n) is 8.02. The van der Waals surface area contributed by atoms with Gasteiger partial charge >= 0.3 is 0 Å². The van der Waals surface area contributed by atoms with Crippen molar-refractivity contribution < 1.29 is 9.13 Å². The van der Waals surface area contributed by atoms with Gasteiger partial charge in [-0.1, -0.05) is 29.3 Å². The molecule has 2 fully saturated rings. The van der Waals surface area contributed by atoms with Crippen LogP contribution in [0.4, 0.5) is 4.39 Å². The summed E-state index contributed by atoms with van der Waals surface area (Å²) in [6.07, 6.45) is 4.34. The lowest BCUT2D eigenvalue weighted by molar-refractivity contribution is 0.136. The van der Waals surface area contributed by atoms with E-state index in [1.807, 2.05) is 12.1 Å². The molecule has 0 atom stereocenters. The highest BCUT2D eigenvalue weighted by Crippen LogP contribution is 2.44. The van der Waals surface area contributed by atoms with Crippen LogP contribution in [0.5, 0.6) is 5.75 Å². The Bertz CT molecular complexity index is 931. The molecule has 2 aliphatic rings. The Morgan fingerprint density at radius 2 is 1.86 bits per heavy atom. The third-order valence-corrected chi connectivity index (χ3v) is 6.33. The molecule has 6 heteroatoms. The first kappa shape index (κ1) is 20.5. The molecule has 1 saturated heterocycles. The van der Waals surface area contributed by atoms with Gasteiger partial charge in [0, 0.05) is 17.6 Å². The van der Waals surface area contributed by atoms with Gasteiger partial charge in [0.1, 0.15) is 17.6 Å². The highest BCUT2D eigenvalue weighted by Gasteiger charge is 2.28. The average Bonchev–Trinajstić information content (AvgIpc) is 3.52. The summed E-state index contributed by atoms with van der Waals surface area (Å²) in [5.74, 6) is 1.45. The van der Waals surface area contributed by atoms with Gasteiger partial charge in [-0.3, -0.25) is 4.90 Å². The molecule has 0 radical (unpaired) electrons. The van der Waals surface area contributed by atoms with Crippen molar-refractivity contribution in [2.24, 2.45) is 5.92 Å². The summed E-state index contributed by atoms with van der Waals surface area (Å²) in [6.45, 7) is 3.11. The molecular formula is C23H23Cl2FN2O. The zero-order valence-electron chi connectivity index (χ0n) is 16.1. The lowest BCUT2D eigenvalue weighted by Crippen LogP contribution is -2.35. The quantitative estimate of drug-likeness (QED) is 0.547. The van der Waals surface area contributed by atoms with Crippen molar-refractivity contribution >= 4 is 23.2 Å². The van der Waals surface area contributed by atoms with E-state index in [2.05, 4.69) is 11.0 Å².